The lowest BCUT2D eigenvalue weighted by atomic mass is 10.0. The Bertz CT molecular complexity index is 922. The standard InChI is InChI=1S/C21H28N2O6/c1-7-27-19(24)16-11(4)13(6)22-14(16)10-15-17(20(25)28-8-2)12(5)18(23-15)21(26)29-9-3/h22-23H,7-10H2,1-6H3. The van der Waals surface area contributed by atoms with Crippen molar-refractivity contribution in [3.8, 4) is 0 Å². The van der Waals surface area contributed by atoms with Gasteiger partial charge < -0.3 is 24.2 Å². The second kappa shape index (κ2) is 9.45. The van der Waals surface area contributed by atoms with E-state index in [0.717, 1.165) is 11.3 Å². The van der Waals surface area contributed by atoms with Crippen molar-refractivity contribution in [3.63, 3.8) is 0 Å². The molecule has 2 heterocycles. The average molecular weight is 404 g/mol. The van der Waals surface area contributed by atoms with E-state index >= 15 is 0 Å². The largest absolute Gasteiger partial charge is 0.462 e. The number of rotatable bonds is 8. The van der Waals surface area contributed by atoms with E-state index in [2.05, 4.69) is 9.97 Å². The molecule has 0 unspecified atom stereocenters. The van der Waals surface area contributed by atoms with Gasteiger partial charge >= 0.3 is 17.9 Å². The Kier molecular flexibility index (Phi) is 7.25. The Labute approximate surface area is 169 Å². The lowest BCUT2D eigenvalue weighted by molar-refractivity contribution is 0.0510. The normalized spacial score (nSPS) is 10.7. The molecule has 158 valence electrons. The van der Waals surface area contributed by atoms with E-state index in [1.807, 2.05) is 13.8 Å². The molecule has 0 atom stereocenters. The maximum Gasteiger partial charge on any atom is 0.355 e. The number of aryl methyl sites for hydroxylation is 1. The SMILES string of the molecule is CCOC(=O)c1[nH]c(Cc2[nH]c(C)c(C)c2C(=O)OCC)c(C(=O)OCC)c1C. The molecule has 0 spiro atoms. The number of esters is 3. The summed E-state index contributed by atoms with van der Waals surface area (Å²) in [5.41, 5.74) is 4.03. The van der Waals surface area contributed by atoms with Crippen LogP contribution in [0.1, 0.15) is 80.2 Å². The molecule has 2 N–H and O–H groups in total. The molecule has 0 bridgehead atoms. The summed E-state index contributed by atoms with van der Waals surface area (Å²) in [7, 11) is 0. The van der Waals surface area contributed by atoms with Crippen LogP contribution in [0.5, 0.6) is 0 Å². The first kappa shape index (κ1) is 22.3. The second-order valence-corrected chi connectivity index (χ2v) is 6.55. The van der Waals surface area contributed by atoms with Gasteiger partial charge in [-0.2, -0.15) is 0 Å². The molecule has 0 aliphatic carbocycles. The molecule has 0 aliphatic rings. The maximum atomic E-state index is 12.6. The molecule has 8 heteroatoms. The molecule has 0 saturated carbocycles. The van der Waals surface area contributed by atoms with Gasteiger partial charge in [0.05, 0.1) is 30.9 Å². The lowest BCUT2D eigenvalue weighted by Gasteiger charge is -2.07. The summed E-state index contributed by atoms with van der Waals surface area (Å²) in [6.45, 7) is 11.2. The van der Waals surface area contributed by atoms with Crippen molar-refractivity contribution < 1.29 is 28.6 Å². The van der Waals surface area contributed by atoms with Gasteiger partial charge in [0.1, 0.15) is 5.69 Å². The van der Waals surface area contributed by atoms with Crippen LogP contribution in [0.25, 0.3) is 0 Å². The summed E-state index contributed by atoms with van der Waals surface area (Å²) in [5.74, 6) is -1.52. The molecule has 0 fully saturated rings. The van der Waals surface area contributed by atoms with Crippen molar-refractivity contribution in [2.45, 2.75) is 48.0 Å². The molecule has 2 rings (SSSR count). The van der Waals surface area contributed by atoms with E-state index in [-0.39, 0.29) is 37.5 Å². The van der Waals surface area contributed by atoms with Crippen LogP contribution in [0.2, 0.25) is 0 Å². The summed E-state index contributed by atoms with van der Waals surface area (Å²) in [4.78, 5) is 43.5. The molecule has 0 amide bonds. The predicted molar refractivity (Wildman–Crippen MR) is 106 cm³/mol. The minimum absolute atomic E-state index is 0.192. The zero-order valence-corrected chi connectivity index (χ0v) is 17.8. The summed E-state index contributed by atoms with van der Waals surface area (Å²) in [5, 5.41) is 0. The fourth-order valence-corrected chi connectivity index (χ4v) is 3.26. The van der Waals surface area contributed by atoms with Crippen LogP contribution in [0, 0.1) is 20.8 Å². The van der Waals surface area contributed by atoms with E-state index in [9.17, 15) is 14.4 Å². The van der Waals surface area contributed by atoms with Crippen molar-refractivity contribution in [2.24, 2.45) is 0 Å². The van der Waals surface area contributed by atoms with Crippen molar-refractivity contribution in [1.29, 1.82) is 0 Å². The topological polar surface area (TPSA) is 110 Å². The summed E-state index contributed by atoms with van der Waals surface area (Å²) >= 11 is 0. The van der Waals surface area contributed by atoms with Crippen LogP contribution >= 0.6 is 0 Å². The van der Waals surface area contributed by atoms with Crippen molar-refractivity contribution in [1.82, 2.24) is 9.97 Å². The third-order valence-corrected chi connectivity index (χ3v) is 4.70. The smallest absolute Gasteiger partial charge is 0.355 e. The number of aromatic nitrogens is 2. The predicted octanol–water partition coefficient (Wildman–Crippen LogP) is 3.39. The number of carbonyl (C=O) groups excluding carboxylic acids is 3. The summed E-state index contributed by atoms with van der Waals surface area (Å²) in [6, 6.07) is 0. The number of hydrogen-bond acceptors (Lipinski definition) is 6. The van der Waals surface area contributed by atoms with Crippen LogP contribution in [-0.4, -0.2) is 47.7 Å². The number of aromatic amines is 2. The highest BCUT2D eigenvalue weighted by atomic mass is 16.5. The molecule has 0 saturated heterocycles. The van der Waals surface area contributed by atoms with Gasteiger partial charge in [-0.05, 0) is 52.7 Å². The van der Waals surface area contributed by atoms with Crippen molar-refractivity contribution >= 4 is 17.9 Å². The Hall–Kier alpha value is -3.03. The third-order valence-electron chi connectivity index (χ3n) is 4.70. The lowest BCUT2D eigenvalue weighted by Crippen LogP contribution is -2.11. The zero-order valence-electron chi connectivity index (χ0n) is 17.8. The quantitative estimate of drug-likeness (QED) is 0.515. The Morgan fingerprint density at radius 1 is 0.690 bits per heavy atom. The number of H-pyrrole nitrogens is 2. The first-order valence-corrected chi connectivity index (χ1v) is 9.67. The molecule has 2 aromatic heterocycles. The Morgan fingerprint density at radius 2 is 1.14 bits per heavy atom. The minimum Gasteiger partial charge on any atom is -0.462 e. The molecule has 2 aromatic rings. The second-order valence-electron chi connectivity index (χ2n) is 6.55. The average Bonchev–Trinajstić information content (AvgIpc) is 3.12. The first-order valence-electron chi connectivity index (χ1n) is 9.67. The zero-order chi connectivity index (χ0) is 21.7. The van der Waals surface area contributed by atoms with Gasteiger partial charge in [0.25, 0.3) is 0 Å². The van der Waals surface area contributed by atoms with E-state index in [0.29, 0.717) is 22.5 Å². The molecule has 0 aliphatic heterocycles. The van der Waals surface area contributed by atoms with Crippen molar-refractivity contribution in [2.75, 3.05) is 19.8 Å². The summed E-state index contributed by atoms with van der Waals surface area (Å²) in [6.07, 6.45) is 0.192. The van der Waals surface area contributed by atoms with E-state index in [1.165, 1.54) is 0 Å². The van der Waals surface area contributed by atoms with Gasteiger partial charge in [0.15, 0.2) is 0 Å². The first-order chi connectivity index (χ1) is 13.8. The highest BCUT2D eigenvalue weighted by Crippen LogP contribution is 2.26. The maximum absolute atomic E-state index is 12.6. The molecule has 0 radical (unpaired) electrons. The van der Waals surface area contributed by atoms with Gasteiger partial charge in [-0.1, -0.05) is 0 Å². The molecule has 29 heavy (non-hydrogen) atoms. The minimum atomic E-state index is -0.550. The molecule has 8 nitrogen and oxygen atoms in total. The molecular weight excluding hydrogens is 376 g/mol. The highest BCUT2D eigenvalue weighted by Gasteiger charge is 2.28. The van der Waals surface area contributed by atoms with Crippen molar-refractivity contribution in [3.05, 3.63) is 45.0 Å². The monoisotopic (exact) mass is 404 g/mol. The summed E-state index contributed by atoms with van der Waals surface area (Å²) < 4.78 is 15.4. The van der Waals surface area contributed by atoms with Gasteiger partial charge in [0, 0.05) is 23.5 Å². The van der Waals surface area contributed by atoms with Crippen LogP contribution in [-0.2, 0) is 20.6 Å². The number of nitrogens with one attached hydrogen (secondary N) is 2. The highest BCUT2D eigenvalue weighted by molar-refractivity contribution is 5.99. The third kappa shape index (κ3) is 4.52. The molecule has 0 aromatic carbocycles. The fourth-order valence-electron chi connectivity index (χ4n) is 3.26. The van der Waals surface area contributed by atoms with Gasteiger partial charge in [0.2, 0.25) is 0 Å². The van der Waals surface area contributed by atoms with Crippen LogP contribution in [0.3, 0.4) is 0 Å². The Balaban J connectivity index is 2.56. The van der Waals surface area contributed by atoms with E-state index in [4.69, 9.17) is 14.2 Å². The van der Waals surface area contributed by atoms with Gasteiger partial charge in [-0.3, -0.25) is 0 Å². The van der Waals surface area contributed by atoms with Crippen LogP contribution < -0.4 is 0 Å². The number of hydrogen-bond donors (Lipinski definition) is 2. The van der Waals surface area contributed by atoms with E-state index < -0.39 is 17.9 Å². The fraction of sp³-hybridized carbons (Fsp3) is 0.476. The van der Waals surface area contributed by atoms with Crippen LogP contribution in [0.4, 0.5) is 0 Å². The van der Waals surface area contributed by atoms with Crippen LogP contribution in [0.15, 0.2) is 0 Å². The molecular formula is C21H28N2O6. The number of carbonyl (C=O) groups is 3. The Morgan fingerprint density at radius 3 is 1.66 bits per heavy atom. The van der Waals surface area contributed by atoms with Gasteiger partial charge in [-0.15, -0.1) is 0 Å². The van der Waals surface area contributed by atoms with E-state index in [1.54, 1.807) is 27.7 Å². The number of ether oxygens (including phenoxy) is 3. The van der Waals surface area contributed by atoms with Gasteiger partial charge in [-0.25, -0.2) is 14.4 Å².